The number of benzene rings is 1. The van der Waals surface area contributed by atoms with Gasteiger partial charge >= 0.3 is 0 Å². The van der Waals surface area contributed by atoms with Gasteiger partial charge in [0.05, 0.1) is 11.9 Å². The standard InChI is InChI=1S/C17H21N3S/c1-3-13-5-7-14(8-6-13)11-18-20-17-19-15-9-4-12(2)10-16(15)21-17/h5-8,11-12H,3-4,9-10H2,1-2H3,(H,19,20)/b18-11+/t12-/m0/s1. The largest absolute Gasteiger partial charge is 0.253 e. The van der Waals surface area contributed by atoms with Crippen LogP contribution < -0.4 is 5.43 Å². The number of aromatic nitrogens is 1. The molecule has 1 heterocycles. The lowest BCUT2D eigenvalue weighted by atomic mass is 9.93. The number of hydrazone groups is 1. The molecular formula is C17H21N3S. The second-order valence-electron chi connectivity index (χ2n) is 5.70. The topological polar surface area (TPSA) is 37.3 Å². The summed E-state index contributed by atoms with van der Waals surface area (Å²) < 4.78 is 0. The lowest BCUT2D eigenvalue weighted by Gasteiger charge is -2.15. The van der Waals surface area contributed by atoms with Crippen molar-refractivity contribution >= 4 is 22.7 Å². The molecule has 0 radical (unpaired) electrons. The fourth-order valence-electron chi connectivity index (χ4n) is 2.59. The van der Waals surface area contributed by atoms with Crippen molar-refractivity contribution in [3.63, 3.8) is 0 Å². The molecule has 1 atom stereocenters. The monoisotopic (exact) mass is 299 g/mol. The van der Waals surface area contributed by atoms with Crippen LogP contribution in [0.5, 0.6) is 0 Å². The molecule has 3 rings (SSSR count). The first-order valence-electron chi connectivity index (χ1n) is 7.61. The first-order chi connectivity index (χ1) is 10.2. The van der Waals surface area contributed by atoms with Crippen molar-refractivity contribution in [2.45, 2.75) is 39.5 Å². The third-order valence-corrected chi connectivity index (χ3v) is 4.97. The van der Waals surface area contributed by atoms with E-state index in [9.17, 15) is 0 Å². The van der Waals surface area contributed by atoms with Gasteiger partial charge in [0.25, 0.3) is 0 Å². The summed E-state index contributed by atoms with van der Waals surface area (Å²) in [5.74, 6) is 0.784. The molecule has 0 saturated carbocycles. The quantitative estimate of drug-likeness (QED) is 0.676. The van der Waals surface area contributed by atoms with Crippen LogP contribution in [-0.4, -0.2) is 11.2 Å². The number of fused-ring (bicyclic) bond motifs is 1. The molecule has 1 aliphatic carbocycles. The highest BCUT2D eigenvalue weighted by atomic mass is 32.1. The van der Waals surface area contributed by atoms with E-state index >= 15 is 0 Å². The Morgan fingerprint density at radius 1 is 1.38 bits per heavy atom. The van der Waals surface area contributed by atoms with Gasteiger partial charge in [-0.15, -0.1) is 11.3 Å². The molecule has 0 amide bonds. The van der Waals surface area contributed by atoms with Crippen LogP contribution in [-0.2, 0) is 19.3 Å². The summed E-state index contributed by atoms with van der Waals surface area (Å²) in [6.07, 6.45) is 6.44. The van der Waals surface area contributed by atoms with Crippen LogP contribution in [0.1, 0.15) is 42.0 Å². The van der Waals surface area contributed by atoms with E-state index in [2.05, 4.69) is 53.6 Å². The van der Waals surface area contributed by atoms with Gasteiger partial charge in [0.15, 0.2) is 0 Å². The van der Waals surface area contributed by atoms with Gasteiger partial charge in [-0.3, -0.25) is 5.43 Å². The minimum absolute atomic E-state index is 0.784. The van der Waals surface area contributed by atoms with E-state index in [0.717, 1.165) is 35.9 Å². The normalized spacial score (nSPS) is 17.9. The van der Waals surface area contributed by atoms with Crippen LogP contribution in [0, 0.1) is 5.92 Å². The van der Waals surface area contributed by atoms with Gasteiger partial charge in [-0.2, -0.15) is 5.10 Å². The summed E-state index contributed by atoms with van der Waals surface area (Å²) in [5, 5.41) is 5.22. The van der Waals surface area contributed by atoms with Crippen LogP contribution in [0.2, 0.25) is 0 Å². The number of rotatable bonds is 4. The van der Waals surface area contributed by atoms with Crippen LogP contribution in [0.25, 0.3) is 0 Å². The summed E-state index contributed by atoms with van der Waals surface area (Å²) in [7, 11) is 0. The van der Waals surface area contributed by atoms with Crippen molar-refractivity contribution in [2.24, 2.45) is 11.0 Å². The van der Waals surface area contributed by atoms with Gasteiger partial charge in [-0.1, -0.05) is 38.1 Å². The summed E-state index contributed by atoms with van der Waals surface area (Å²) in [5.41, 5.74) is 6.79. The highest BCUT2D eigenvalue weighted by molar-refractivity contribution is 7.15. The average molecular weight is 299 g/mol. The molecule has 0 bridgehead atoms. The molecule has 0 saturated heterocycles. The lowest BCUT2D eigenvalue weighted by molar-refractivity contribution is 0.502. The number of anilines is 1. The molecule has 0 fully saturated rings. The number of hydrogen-bond acceptors (Lipinski definition) is 4. The zero-order valence-corrected chi connectivity index (χ0v) is 13.4. The Balaban J connectivity index is 1.63. The molecule has 0 aliphatic heterocycles. The Labute approximate surface area is 130 Å². The van der Waals surface area contributed by atoms with E-state index in [1.54, 1.807) is 11.3 Å². The van der Waals surface area contributed by atoms with E-state index in [1.807, 2.05) is 6.21 Å². The minimum Gasteiger partial charge on any atom is -0.253 e. The Morgan fingerprint density at radius 2 is 2.19 bits per heavy atom. The van der Waals surface area contributed by atoms with Crippen LogP contribution in [0.4, 0.5) is 5.13 Å². The maximum atomic E-state index is 4.64. The molecule has 2 aromatic rings. The first kappa shape index (κ1) is 14.3. The fourth-order valence-corrected chi connectivity index (χ4v) is 3.71. The molecule has 1 aliphatic rings. The SMILES string of the molecule is CCc1ccc(/C=N/Nc2nc3c(s2)C[C@@H](C)CC3)cc1. The number of aryl methyl sites for hydroxylation is 2. The Hall–Kier alpha value is -1.68. The molecule has 3 nitrogen and oxygen atoms in total. The summed E-state index contributed by atoms with van der Waals surface area (Å²) in [6.45, 7) is 4.48. The summed E-state index contributed by atoms with van der Waals surface area (Å²) in [4.78, 5) is 6.07. The van der Waals surface area contributed by atoms with Crippen molar-refractivity contribution in [2.75, 3.05) is 5.43 Å². The predicted octanol–water partition coefficient (Wildman–Crippen LogP) is 4.28. The molecule has 1 aromatic carbocycles. The number of nitrogens with one attached hydrogen (secondary N) is 1. The molecule has 4 heteroatoms. The Kier molecular flexibility index (Phi) is 4.34. The van der Waals surface area contributed by atoms with E-state index < -0.39 is 0 Å². The molecule has 21 heavy (non-hydrogen) atoms. The van der Waals surface area contributed by atoms with Gasteiger partial charge in [0, 0.05) is 4.88 Å². The zero-order chi connectivity index (χ0) is 14.7. The van der Waals surface area contributed by atoms with Gasteiger partial charge < -0.3 is 0 Å². The summed E-state index contributed by atoms with van der Waals surface area (Å²) in [6, 6.07) is 8.48. The number of thiazole rings is 1. The molecule has 1 N–H and O–H groups in total. The lowest BCUT2D eigenvalue weighted by Crippen LogP contribution is -2.09. The zero-order valence-electron chi connectivity index (χ0n) is 12.6. The first-order valence-corrected chi connectivity index (χ1v) is 8.43. The van der Waals surface area contributed by atoms with Crippen LogP contribution >= 0.6 is 11.3 Å². The van der Waals surface area contributed by atoms with Gasteiger partial charge in [-0.25, -0.2) is 4.98 Å². The van der Waals surface area contributed by atoms with Crippen molar-refractivity contribution in [1.29, 1.82) is 0 Å². The van der Waals surface area contributed by atoms with Crippen molar-refractivity contribution < 1.29 is 0 Å². The maximum Gasteiger partial charge on any atom is 0.203 e. The highest BCUT2D eigenvalue weighted by Gasteiger charge is 2.19. The van der Waals surface area contributed by atoms with Gasteiger partial charge in [0.1, 0.15) is 0 Å². The maximum absolute atomic E-state index is 4.64. The van der Waals surface area contributed by atoms with Crippen molar-refractivity contribution in [1.82, 2.24) is 4.98 Å². The van der Waals surface area contributed by atoms with Crippen LogP contribution in [0.15, 0.2) is 29.4 Å². The molecule has 110 valence electrons. The molecular weight excluding hydrogens is 278 g/mol. The third kappa shape index (κ3) is 3.50. The molecule has 1 aromatic heterocycles. The van der Waals surface area contributed by atoms with E-state index in [0.29, 0.717) is 0 Å². The van der Waals surface area contributed by atoms with Crippen molar-refractivity contribution in [3.05, 3.63) is 46.0 Å². The highest BCUT2D eigenvalue weighted by Crippen LogP contribution is 2.31. The van der Waals surface area contributed by atoms with E-state index in [1.165, 1.54) is 22.6 Å². The smallest absolute Gasteiger partial charge is 0.203 e. The molecule has 0 spiro atoms. The van der Waals surface area contributed by atoms with Gasteiger partial charge in [-0.05, 0) is 42.7 Å². The summed E-state index contributed by atoms with van der Waals surface area (Å²) >= 11 is 1.74. The number of hydrogen-bond donors (Lipinski definition) is 1. The number of nitrogens with zero attached hydrogens (tertiary/aromatic N) is 2. The fraction of sp³-hybridized carbons (Fsp3) is 0.412. The second-order valence-corrected chi connectivity index (χ2v) is 6.79. The predicted molar refractivity (Wildman–Crippen MR) is 90.3 cm³/mol. The second kappa shape index (κ2) is 6.39. The average Bonchev–Trinajstić information content (AvgIpc) is 2.89. The third-order valence-electron chi connectivity index (χ3n) is 3.95. The van der Waals surface area contributed by atoms with Crippen molar-refractivity contribution in [3.8, 4) is 0 Å². The van der Waals surface area contributed by atoms with Crippen LogP contribution in [0.3, 0.4) is 0 Å². The minimum atomic E-state index is 0.784. The van der Waals surface area contributed by atoms with Gasteiger partial charge in [0.2, 0.25) is 5.13 Å². The Morgan fingerprint density at radius 3 is 2.95 bits per heavy atom. The molecule has 0 unspecified atom stereocenters. The van der Waals surface area contributed by atoms with E-state index in [-0.39, 0.29) is 0 Å². The van der Waals surface area contributed by atoms with E-state index in [4.69, 9.17) is 0 Å². The Bertz CT molecular complexity index is 628.